The Kier molecular flexibility index (Phi) is 4.26. The highest BCUT2D eigenvalue weighted by molar-refractivity contribution is 5.81. The molecule has 1 atom stereocenters. The van der Waals surface area contributed by atoms with Crippen molar-refractivity contribution < 1.29 is 9.90 Å². The summed E-state index contributed by atoms with van der Waals surface area (Å²) in [5.41, 5.74) is 7.14. The Balaban J connectivity index is 3.21. The van der Waals surface area contributed by atoms with Crippen molar-refractivity contribution in [3.63, 3.8) is 0 Å². The van der Waals surface area contributed by atoms with Gasteiger partial charge in [0.1, 0.15) is 5.54 Å². The van der Waals surface area contributed by atoms with Gasteiger partial charge >= 0.3 is 5.97 Å². The lowest BCUT2D eigenvalue weighted by molar-refractivity contribution is -0.144. The Morgan fingerprint density at radius 2 is 2.12 bits per heavy atom. The SMILES string of the molecule is Cc1ccc(C)c(C(C)(NCCN)C(=O)O)c1. The summed E-state index contributed by atoms with van der Waals surface area (Å²) < 4.78 is 0. The number of hydrogen-bond donors (Lipinski definition) is 3. The minimum absolute atomic E-state index is 0.410. The van der Waals surface area contributed by atoms with E-state index in [0.717, 1.165) is 16.7 Å². The van der Waals surface area contributed by atoms with Crippen LogP contribution < -0.4 is 11.1 Å². The van der Waals surface area contributed by atoms with Gasteiger partial charge in [0.2, 0.25) is 0 Å². The van der Waals surface area contributed by atoms with Crippen LogP contribution in [0.5, 0.6) is 0 Å². The second-order valence-corrected chi connectivity index (χ2v) is 4.46. The zero-order valence-electron chi connectivity index (χ0n) is 10.6. The molecule has 0 radical (unpaired) electrons. The van der Waals surface area contributed by atoms with Gasteiger partial charge in [-0.05, 0) is 31.9 Å². The Bertz CT molecular complexity index is 418. The Morgan fingerprint density at radius 3 is 2.65 bits per heavy atom. The Hall–Kier alpha value is -1.39. The van der Waals surface area contributed by atoms with Crippen LogP contribution in [0.25, 0.3) is 0 Å². The number of aryl methyl sites for hydroxylation is 2. The van der Waals surface area contributed by atoms with Crippen LogP contribution in [0.15, 0.2) is 18.2 Å². The maximum Gasteiger partial charge on any atom is 0.328 e. The van der Waals surface area contributed by atoms with E-state index in [9.17, 15) is 9.90 Å². The molecule has 1 rings (SSSR count). The average molecular weight is 236 g/mol. The highest BCUT2D eigenvalue weighted by Crippen LogP contribution is 2.25. The van der Waals surface area contributed by atoms with Crippen molar-refractivity contribution in [3.8, 4) is 0 Å². The van der Waals surface area contributed by atoms with Crippen molar-refractivity contribution in [2.45, 2.75) is 26.3 Å². The molecule has 0 spiro atoms. The summed E-state index contributed by atoms with van der Waals surface area (Å²) in [4.78, 5) is 11.5. The molecule has 0 aliphatic rings. The number of carboxylic acid groups (broad SMARTS) is 1. The first-order valence-electron chi connectivity index (χ1n) is 5.68. The normalized spacial score (nSPS) is 14.4. The maximum atomic E-state index is 11.5. The molecule has 0 saturated heterocycles. The number of carboxylic acids is 1. The Labute approximate surface area is 102 Å². The fourth-order valence-corrected chi connectivity index (χ4v) is 1.88. The van der Waals surface area contributed by atoms with Crippen LogP contribution in [0.3, 0.4) is 0 Å². The quantitative estimate of drug-likeness (QED) is 0.717. The van der Waals surface area contributed by atoms with Crippen molar-refractivity contribution in [3.05, 3.63) is 34.9 Å². The number of hydrogen-bond acceptors (Lipinski definition) is 3. The van der Waals surface area contributed by atoms with Crippen LogP contribution in [0.4, 0.5) is 0 Å². The van der Waals surface area contributed by atoms with Gasteiger partial charge in [0, 0.05) is 13.1 Å². The minimum atomic E-state index is -1.09. The Morgan fingerprint density at radius 1 is 1.47 bits per heavy atom. The summed E-state index contributed by atoms with van der Waals surface area (Å²) in [7, 11) is 0. The van der Waals surface area contributed by atoms with E-state index in [-0.39, 0.29) is 0 Å². The summed E-state index contributed by atoms with van der Waals surface area (Å²) >= 11 is 0. The topological polar surface area (TPSA) is 75.3 Å². The zero-order chi connectivity index (χ0) is 13.1. The summed E-state index contributed by atoms with van der Waals surface area (Å²) in [5, 5.41) is 12.4. The van der Waals surface area contributed by atoms with E-state index >= 15 is 0 Å². The minimum Gasteiger partial charge on any atom is -0.480 e. The zero-order valence-corrected chi connectivity index (χ0v) is 10.6. The fraction of sp³-hybridized carbons (Fsp3) is 0.462. The number of rotatable bonds is 5. The molecule has 4 N–H and O–H groups in total. The lowest BCUT2D eigenvalue weighted by atomic mass is 9.87. The van der Waals surface area contributed by atoms with Crippen LogP contribution in [0.2, 0.25) is 0 Å². The molecular weight excluding hydrogens is 216 g/mol. The van der Waals surface area contributed by atoms with Crippen LogP contribution >= 0.6 is 0 Å². The fourth-order valence-electron chi connectivity index (χ4n) is 1.88. The van der Waals surface area contributed by atoms with Crippen LogP contribution in [0.1, 0.15) is 23.6 Å². The van der Waals surface area contributed by atoms with Crippen LogP contribution in [-0.2, 0) is 10.3 Å². The molecule has 0 bridgehead atoms. The molecule has 1 aromatic carbocycles. The van der Waals surface area contributed by atoms with Gasteiger partial charge in [-0.2, -0.15) is 0 Å². The van der Waals surface area contributed by atoms with Crippen molar-refractivity contribution in [1.29, 1.82) is 0 Å². The maximum absolute atomic E-state index is 11.5. The van der Waals surface area contributed by atoms with E-state index in [2.05, 4.69) is 5.32 Å². The average Bonchev–Trinajstić information content (AvgIpc) is 2.29. The van der Waals surface area contributed by atoms with E-state index < -0.39 is 11.5 Å². The van der Waals surface area contributed by atoms with Gasteiger partial charge < -0.3 is 10.8 Å². The molecular formula is C13H20N2O2. The van der Waals surface area contributed by atoms with Crippen molar-refractivity contribution in [2.24, 2.45) is 5.73 Å². The predicted molar refractivity (Wildman–Crippen MR) is 68.0 cm³/mol. The summed E-state index contributed by atoms with van der Waals surface area (Å²) in [6.07, 6.45) is 0. The van der Waals surface area contributed by atoms with Crippen LogP contribution in [0, 0.1) is 13.8 Å². The summed E-state index contributed by atoms with van der Waals surface area (Å²) in [6.45, 7) is 6.42. The van der Waals surface area contributed by atoms with E-state index in [1.807, 2.05) is 32.0 Å². The third-order valence-corrected chi connectivity index (χ3v) is 2.98. The molecule has 17 heavy (non-hydrogen) atoms. The predicted octanol–water partition coefficient (Wildman–Crippen LogP) is 1.15. The van der Waals surface area contributed by atoms with Crippen LogP contribution in [-0.4, -0.2) is 24.2 Å². The number of aliphatic carboxylic acids is 1. The first kappa shape index (κ1) is 13.7. The lowest BCUT2D eigenvalue weighted by Crippen LogP contribution is -2.48. The second kappa shape index (κ2) is 5.29. The molecule has 0 aliphatic carbocycles. The first-order valence-corrected chi connectivity index (χ1v) is 5.68. The van der Waals surface area contributed by atoms with Gasteiger partial charge in [-0.3, -0.25) is 5.32 Å². The molecule has 0 heterocycles. The first-order chi connectivity index (χ1) is 7.91. The smallest absolute Gasteiger partial charge is 0.328 e. The molecule has 1 aromatic rings. The number of nitrogens with one attached hydrogen (secondary N) is 1. The molecule has 0 aromatic heterocycles. The molecule has 0 saturated carbocycles. The van der Waals surface area contributed by atoms with E-state index in [0.29, 0.717) is 13.1 Å². The lowest BCUT2D eigenvalue weighted by Gasteiger charge is -2.28. The summed E-state index contributed by atoms with van der Waals surface area (Å²) in [6, 6.07) is 5.83. The molecule has 94 valence electrons. The highest BCUT2D eigenvalue weighted by Gasteiger charge is 2.35. The summed E-state index contributed by atoms with van der Waals surface area (Å²) in [5.74, 6) is -0.889. The van der Waals surface area contributed by atoms with Gasteiger partial charge in [0.25, 0.3) is 0 Å². The van der Waals surface area contributed by atoms with Crippen molar-refractivity contribution in [1.82, 2.24) is 5.32 Å². The van der Waals surface area contributed by atoms with E-state index in [1.165, 1.54) is 0 Å². The molecule has 1 unspecified atom stereocenters. The number of benzene rings is 1. The van der Waals surface area contributed by atoms with Gasteiger partial charge in [0.15, 0.2) is 0 Å². The molecule has 4 heteroatoms. The van der Waals surface area contributed by atoms with Crippen molar-refractivity contribution >= 4 is 5.97 Å². The van der Waals surface area contributed by atoms with Gasteiger partial charge in [-0.1, -0.05) is 23.8 Å². The molecule has 0 amide bonds. The third-order valence-electron chi connectivity index (χ3n) is 2.98. The number of nitrogens with two attached hydrogens (primary N) is 1. The van der Waals surface area contributed by atoms with E-state index in [4.69, 9.17) is 5.73 Å². The molecule has 0 fully saturated rings. The number of carbonyl (C=O) groups is 1. The molecule has 4 nitrogen and oxygen atoms in total. The largest absolute Gasteiger partial charge is 0.480 e. The monoisotopic (exact) mass is 236 g/mol. The third kappa shape index (κ3) is 2.84. The van der Waals surface area contributed by atoms with E-state index in [1.54, 1.807) is 6.92 Å². The van der Waals surface area contributed by atoms with Crippen molar-refractivity contribution in [2.75, 3.05) is 13.1 Å². The highest BCUT2D eigenvalue weighted by atomic mass is 16.4. The standard InChI is InChI=1S/C13H20N2O2/c1-9-4-5-10(2)11(8-9)13(3,12(16)17)15-7-6-14/h4-5,8,15H,6-7,14H2,1-3H3,(H,16,17). The van der Waals surface area contributed by atoms with Gasteiger partial charge in [-0.15, -0.1) is 0 Å². The van der Waals surface area contributed by atoms with Gasteiger partial charge in [-0.25, -0.2) is 4.79 Å². The van der Waals surface area contributed by atoms with Gasteiger partial charge in [0.05, 0.1) is 0 Å². The molecule has 0 aliphatic heterocycles. The second-order valence-electron chi connectivity index (χ2n) is 4.46.